The van der Waals surface area contributed by atoms with Gasteiger partial charge in [-0.3, -0.25) is 9.59 Å². The van der Waals surface area contributed by atoms with E-state index in [1.54, 1.807) is 24.3 Å². The molecule has 7 heteroatoms. The number of aliphatic carboxylic acids is 1. The summed E-state index contributed by atoms with van der Waals surface area (Å²) < 4.78 is 0. The smallest absolute Gasteiger partial charge is 0.326 e. The number of nitrogens with one attached hydrogen (secondary N) is 1. The zero-order valence-electron chi connectivity index (χ0n) is 11.4. The number of carbonyl (C=O) groups is 3. The van der Waals surface area contributed by atoms with Gasteiger partial charge in [0.05, 0.1) is 6.10 Å². The number of aliphatic hydroxyl groups excluding tert-OH is 1. The Morgan fingerprint density at radius 1 is 1.24 bits per heavy atom. The molecular formula is C14H16N2O5. The summed E-state index contributed by atoms with van der Waals surface area (Å²) in [6.07, 6.45) is -0.999. The van der Waals surface area contributed by atoms with Crippen molar-refractivity contribution in [1.82, 2.24) is 4.90 Å². The molecule has 7 nitrogen and oxygen atoms in total. The van der Waals surface area contributed by atoms with Gasteiger partial charge in [0.2, 0.25) is 0 Å². The molecule has 1 aliphatic heterocycles. The number of carboxylic acid groups (broad SMARTS) is 1. The summed E-state index contributed by atoms with van der Waals surface area (Å²) in [5.74, 6) is -3.11. The standard InChI is InChI=1S/C14H16N2O5/c1-8-2-4-9(5-3-8)15-12(18)13(19)16-7-10(17)6-11(16)14(20)21/h2-5,10-11,17H,6-7H2,1H3,(H,15,18)(H,20,21). The number of aryl methyl sites for hydroxylation is 1. The molecule has 0 aliphatic carbocycles. The maximum atomic E-state index is 12.0. The van der Waals surface area contributed by atoms with Gasteiger partial charge >= 0.3 is 17.8 Å². The lowest BCUT2D eigenvalue weighted by Crippen LogP contribution is -2.45. The lowest BCUT2D eigenvalue weighted by molar-refractivity contribution is -0.151. The van der Waals surface area contributed by atoms with Crippen molar-refractivity contribution < 1.29 is 24.6 Å². The molecule has 21 heavy (non-hydrogen) atoms. The van der Waals surface area contributed by atoms with Gasteiger partial charge in [0, 0.05) is 18.7 Å². The Kier molecular flexibility index (Phi) is 4.23. The molecule has 1 aromatic rings. The van der Waals surface area contributed by atoms with Crippen molar-refractivity contribution >= 4 is 23.5 Å². The van der Waals surface area contributed by atoms with Crippen LogP contribution in [-0.2, 0) is 14.4 Å². The van der Waals surface area contributed by atoms with Crippen LogP contribution in [0.2, 0.25) is 0 Å². The number of hydrogen-bond acceptors (Lipinski definition) is 4. The van der Waals surface area contributed by atoms with E-state index in [9.17, 15) is 19.5 Å². The quantitative estimate of drug-likeness (QED) is 0.664. The van der Waals surface area contributed by atoms with Crippen molar-refractivity contribution in [3.8, 4) is 0 Å². The second kappa shape index (κ2) is 5.92. The second-order valence-electron chi connectivity index (χ2n) is 5.02. The number of rotatable bonds is 2. The molecule has 1 fully saturated rings. The van der Waals surface area contributed by atoms with Gasteiger partial charge in [-0.1, -0.05) is 17.7 Å². The van der Waals surface area contributed by atoms with E-state index in [0.29, 0.717) is 5.69 Å². The first-order valence-electron chi connectivity index (χ1n) is 6.48. The SMILES string of the molecule is Cc1ccc(NC(=O)C(=O)N2CC(O)CC2C(=O)O)cc1. The van der Waals surface area contributed by atoms with E-state index in [2.05, 4.69) is 5.32 Å². The van der Waals surface area contributed by atoms with Crippen LogP contribution in [0, 0.1) is 6.92 Å². The van der Waals surface area contributed by atoms with E-state index in [1.807, 2.05) is 6.92 Å². The van der Waals surface area contributed by atoms with Gasteiger partial charge in [0.1, 0.15) is 6.04 Å². The van der Waals surface area contributed by atoms with Gasteiger partial charge in [-0.15, -0.1) is 0 Å². The molecule has 0 radical (unpaired) electrons. The predicted octanol–water partition coefficient (Wildman–Crippen LogP) is -0.0201. The summed E-state index contributed by atoms with van der Waals surface area (Å²) in [6, 6.07) is 5.68. The minimum atomic E-state index is -1.23. The predicted molar refractivity (Wildman–Crippen MR) is 73.6 cm³/mol. The number of nitrogens with zero attached hydrogens (tertiary/aromatic N) is 1. The van der Waals surface area contributed by atoms with E-state index in [4.69, 9.17) is 5.11 Å². The average Bonchev–Trinajstić information content (AvgIpc) is 2.82. The summed E-state index contributed by atoms with van der Waals surface area (Å²) in [6.45, 7) is 1.73. The van der Waals surface area contributed by atoms with Crippen molar-refractivity contribution in [2.24, 2.45) is 0 Å². The molecule has 2 unspecified atom stereocenters. The molecule has 112 valence electrons. The maximum Gasteiger partial charge on any atom is 0.326 e. The third kappa shape index (κ3) is 3.38. The zero-order chi connectivity index (χ0) is 15.6. The van der Waals surface area contributed by atoms with Crippen molar-refractivity contribution in [3.63, 3.8) is 0 Å². The molecule has 0 aromatic heterocycles. The van der Waals surface area contributed by atoms with E-state index in [-0.39, 0.29) is 13.0 Å². The normalized spacial score (nSPS) is 21.1. The number of benzene rings is 1. The highest BCUT2D eigenvalue weighted by molar-refractivity contribution is 6.40. The number of carbonyl (C=O) groups excluding carboxylic acids is 2. The maximum absolute atomic E-state index is 12.0. The minimum Gasteiger partial charge on any atom is -0.480 e. The summed E-state index contributed by atoms with van der Waals surface area (Å²) in [5.41, 5.74) is 1.46. The summed E-state index contributed by atoms with van der Waals surface area (Å²) in [7, 11) is 0. The van der Waals surface area contributed by atoms with Crippen LogP contribution in [0.15, 0.2) is 24.3 Å². The van der Waals surface area contributed by atoms with Crippen molar-refractivity contribution in [1.29, 1.82) is 0 Å². The van der Waals surface area contributed by atoms with Crippen molar-refractivity contribution in [2.45, 2.75) is 25.5 Å². The molecular weight excluding hydrogens is 276 g/mol. The molecule has 0 bridgehead atoms. The molecule has 2 rings (SSSR count). The van der Waals surface area contributed by atoms with Gasteiger partial charge < -0.3 is 20.4 Å². The third-order valence-corrected chi connectivity index (χ3v) is 3.33. The Hall–Kier alpha value is -2.41. The van der Waals surface area contributed by atoms with Gasteiger partial charge in [-0.2, -0.15) is 0 Å². The van der Waals surface area contributed by atoms with Crippen molar-refractivity contribution in [2.75, 3.05) is 11.9 Å². The fraction of sp³-hybridized carbons (Fsp3) is 0.357. The highest BCUT2D eigenvalue weighted by atomic mass is 16.4. The number of carboxylic acids is 1. The molecule has 1 heterocycles. The van der Waals surface area contributed by atoms with Crippen LogP contribution in [0.3, 0.4) is 0 Å². The highest BCUT2D eigenvalue weighted by Crippen LogP contribution is 2.19. The molecule has 2 atom stereocenters. The first-order chi connectivity index (χ1) is 9.88. The lowest BCUT2D eigenvalue weighted by Gasteiger charge is -2.20. The van der Waals surface area contributed by atoms with E-state index in [1.165, 1.54) is 0 Å². The first kappa shape index (κ1) is 15.0. The van der Waals surface area contributed by atoms with Gasteiger partial charge in [-0.05, 0) is 19.1 Å². The number of hydrogen-bond donors (Lipinski definition) is 3. The molecule has 1 saturated heterocycles. The topological polar surface area (TPSA) is 107 Å². The van der Waals surface area contributed by atoms with E-state index >= 15 is 0 Å². The second-order valence-corrected chi connectivity index (χ2v) is 5.02. The molecule has 2 amide bonds. The Labute approximate surface area is 121 Å². The van der Waals surface area contributed by atoms with Crippen LogP contribution in [0.4, 0.5) is 5.69 Å². The van der Waals surface area contributed by atoms with Gasteiger partial charge in [-0.25, -0.2) is 4.79 Å². The summed E-state index contributed by atoms with van der Waals surface area (Å²) in [4.78, 5) is 35.8. The van der Waals surface area contributed by atoms with Gasteiger partial charge in [0.15, 0.2) is 0 Å². The Morgan fingerprint density at radius 3 is 2.43 bits per heavy atom. The Bertz CT molecular complexity index is 569. The molecule has 0 saturated carbocycles. The summed E-state index contributed by atoms with van der Waals surface area (Å²) >= 11 is 0. The van der Waals surface area contributed by atoms with Crippen LogP contribution in [0.1, 0.15) is 12.0 Å². The van der Waals surface area contributed by atoms with Crippen molar-refractivity contribution in [3.05, 3.63) is 29.8 Å². The number of β-amino-alcohol motifs (C(OH)–C–C–N with tert-alkyl or cyclic N) is 1. The van der Waals surface area contributed by atoms with E-state index in [0.717, 1.165) is 10.5 Å². The average molecular weight is 292 g/mol. The molecule has 1 aliphatic rings. The molecule has 3 N–H and O–H groups in total. The van der Waals surface area contributed by atoms with Gasteiger partial charge in [0.25, 0.3) is 0 Å². The van der Waals surface area contributed by atoms with Crippen LogP contribution >= 0.6 is 0 Å². The van der Waals surface area contributed by atoms with E-state index < -0.39 is 29.9 Å². The highest BCUT2D eigenvalue weighted by Gasteiger charge is 2.41. The van der Waals surface area contributed by atoms with Crippen LogP contribution in [-0.4, -0.2) is 51.6 Å². The Morgan fingerprint density at radius 2 is 1.86 bits per heavy atom. The number of likely N-dealkylation sites (tertiary alicyclic amines) is 1. The minimum absolute atomic E-state index is 0.0706. The number of aliphatic hydroxyl groups is 1. The number of anilines is 1. The summed E-state index contributed by atoms with van der Waals surface area (Å²) in [5, 5.41) is 20.9. The largest absolute Gasteiger partial charge is 0.480 e. The lowest BCUT2D eigenvalue weighted by atomic mass is 10.2. The molecule has 1 aromatic carbocycles. The monoisotopic (exact) mass is 292 g/mol. The zero-order valence-corrected chi connectivity index (χ0v) is 11.4. The van der Waals surface area contributed by atoms with Crippen LogP contribution in [0.25, 0.3) is 0 Å². The fourth-order valence-electron chi connectivity index (χ4n) is 2.22. The number of amides is 2. The molecule has 0 spiro atoms. The van der Waals surface area contributed by atoms with Crippen LogP contribution in [0.5, 0.6) is 0 Å². The fourth-order valence-corrected chi connectivity index (χ4v) is 2.22. The third-order valence-electron chi connectivity index (χ3n) is 3.33. The first-order valence-corrected chi connectivity index (χ1v) is 6.48. The Balaban J connectivity index is 2.06. The van der Waals surface area contributed by atoms with Crippen LogP contribution < -0.4 is 5.32 Å².